The maximum Gasteiger partial charge on any atom is 0.425 e. The van der Waals surface area contributed by atoms with E-state index in [1.165, 1.54) is 4.90 Å². The second-order valence-corrected chi connectivity index (χ2v) is 10.0. The van der Waals surface area contributed by atoms with Gasteiger partial charge in [-0.05, 0) is 42.9 Å². The van der Waals surface area contributed by atoms with E-state index >= 15 is 0 Å². The molecule has 3 atom stereocenters. The third-order valence-electron chi connectivity index (χ3n) is 5.60. The maximum absolute atomic E-state index is 12.9. The molecule has 2 aromatic carbocycles. The van der Waals surface area contributed by atoms with Gasteiger partial charge in [0, 0.05) is 12.6 Å². The summed E-state index contributed by atoms with van der Waals surface area (Å²) in [5.74, 6) is 0. The molecule has 1 saturated heterocycles. The topological polar surface area (TPSA) is 75.7 Å². The summed E-state index contributed by atoms with van der Waals surface area (Å²) in [4.78, 5) is 13.9. The van der Waals surface area contributed by atoms with Gasteiger partial charge in [0.15, 0.2) is 6.10 Å². The number of likely N-dealkylation sites (tertiary alicyclic amines) is 1. The molecule has 1 aliphatic heterocycles. The quantitative estimate of drug-likeness (QED) is 0.661. The number of rotatable bonds is 6. The number of ether oxygens (including phenoxy) is 1. The highest BCUT2D eigenvalue weighted by molar-refractivity contribution is 7.88. The summed E-state index contributed by atoms with van der Waals surface area (Å²) in [6.07, 6.45) is -5.90. The number of hydrogen-bond acceptors (Lipinski definition) is 4. The third-order valence-corrected chi connectivity index (χ3v) is 6.33. The van der Waals surface area contributed by atoms with Crippen molar-refractivity contribution in [3.05, 3.63) is 60.2 Å². The van der Waals surface area contributed by atoms with Crippen molar-refractivity contribution in [2.45, 2.75) is 50.6 Å². The lowest BCUT2D eigenvalue weighted by molar-refractivity contribution is -0.200. The summed E-state index contributed by atoms with van der Waals surface area (Å²) in [7, 11) is -3.60. The van der Waals surface area contributed by atoms with Gasteiger partial charge in [0.1, 0.15) is 0 Å². The van der Waals surface area contributed by atoms with Crippen LogP contribution in [0, 0.1) is 0 Å². The van der Waals surface area contributed by atoms with Crippen molar-refractivity contribution in [1.82, 2.24) is 9.62 Å². The number of nitrogens with zero attached hydrogens (tertiary/aromatic N) is 1. The van der Waals surface area contributed by atoms with E-state index in [2.05, 4.69) is 9.46 Å². The third kappa shape index (κ3) is 6.94. The fourth-order valence-corrected chi connectivity index (χ4v) is 4.81. The molecule has 1 unspecified atom stereocenters. The number of sulfonamides is 1. The highest BCUT2D eigenvalue weighted by Gasteiger charge is 2.42. The van der Waals surface area contributed by atoms with Crippen molar-refractivity contribution in [2.24, 2.45) is 0 Å². The number of alkyl halides is 3. The smallest absolute Gasteiger partial charge is 0.425 e. The zero-order chi connectivity index (χ0) is 24.2. The Labute approximate surface area is 191 Å². The molecule has 1 amide bonds. The SMILES string of the molecule is CC(OC(=O)N1CCC[C@H](NS(C)(=O)=O)[C@@H]1Cc1cccc(-c2ccccc2)c1)C(F)(F)F. The number of halogens is 3. The minimum atomic E-state index is -4.69. The molecule has 0 saturated carbocycles. The Balaban J connectivity index is 1.89. The normalized spacial score (nSPS) is 20.3. The van der Waals surface area contributed by atoms with E-state index in [1.54, 1.807) is 0 Å². The van der Waals surface area contributed by atoms with Gasteiger partial charge in [-0.15, -0.1) is 0 Å². The largest absolute Gasteiger partial charge is 0.437 e. The Kier molecular flexibility index (Phi) is 7.69. The van der Waals surface area contributed by atoms with Gasteiger partial charge in [-0.25, -0.2) is 17.9 Å². The molecule has 6 nitrogen and oxygen atoms in total. The van der Waals surface area contributed by atoms with Gasteiger partial charge in [0.2, 0.25) is 10.0 Å². The number of hydrogen-bond donors (Lipinski definition) is 1. The molecule has 2 aromatic rings. The van der Waals surface area contributed by atoms with Crippen LogP contribution in [0.2, 0.25) is 0 Å². The number of nitrogens with one attached hydrogen (secondary N) is 1. The molecule has 1 fully saturated rings. The van der Waals surface area contributed by atoms with E-state index in [0.717, 1.165) is 29.9 Å². The molecule has 0 bridgehead atoms. The van der Waals surface area contributed by atoms with E-state index in [4.69, 9.17) is 0 Å². The predicted octanol–water partition coefficient (Wildman–Crippen LogP) is 4.37. The van der Waals surface area contributed by atoms with Crippen LogP contribution >= 0.6 is 0 Å². The van der Waals surface area contributed by atoms with Gasteiger partial charge in [-0.3, -0.25) is 0 Å². The van der Waals surface area contributed by atoms with Crippen LogP contribution in [-0.2, 0) is 21.2 Å². The number of carbonyl (C=O) groups is 1. The molecule has 3 rings (SSSR count). The van der Waals surface area contributed by atoms with Gasteiger partial charge in [-0.1, -0.05) is 54.6 Å². The first-order chi connectivity index (χ1) is 15.4. The Morgan fingerprint density at radius 3 is 2.45 bits per heavy atom. The van der Waals surface area contributed by atoms with Crippen LogP contribution in [0.25, 0.3) is 11.1 Å². The van der Waals surface area contributed by atoms with Crippen molar-refractivity contribution in [3.8, 4) is 11.1 Å². The van der Waals surface area contributed by atoms with Crippen LogP contribution in [0.1, 0.15) is 25.3 Å². The molecule has 33 heavy (non-hydrogen) atoms. The van der Waals surface area contributed by atoms with E-state index < -0.39 is 40.5 Å². The highest BCUT2D eigenvalue weighted by atomic mass is 32.2. The van der Waals surface area contributed by atoms with Gasteiger partial charge in [-0.2, -0.15) is 13.2 Å². The van der Waals surface area contributed by atoms with Crippen molar-refractivity contribution in [3.63, 3.8) is 0 Å². The van der Waals surface area contributed by atoms with Gasteiger partial charge in [0.05, 0.1) is 12.3 Å². The molecule has 1 heterocycles. The standard InChI is InChI=1S/C23H27F3N2O4S/c1-16(23(24,25)26)32-22(29)28-13-7-12-20(27-33(2,30)31)21(28)15-17-8-6-11-19(14-17)18-9-4-3-5-10-18/h3-6,8-11,14,16,20-21,27H,7,12-13,15H2,1-2H3/t16?,20-,21-/m0/s1. The monoisotopic (exact) mass is 484 g/mol. The van der Waals surface area contributed by atoms with E-state index in [-0.39, 0.29) is 13.0 Å². The van der Waals surface area contributed by atoms with Crippen molar-refractivity contribution in [2.75, 3.05) is 12.8 Å². The fourth-order valence-electron chi connectivity index (χ4n) is 3.98. The van der Waals surface area contributed by atoms with Crippen molar-refractivity contribution < 1.29 is 31.1 Å². The molecule has 0 spiro atoms. The van der Waals surface area contributed by atoms with Gasteiger partial charge in [0.25, 0.3) is 0 Å². The molecule has 0 aliphatic carbocycles. The Morgan fingerprint density at radius 2 is 1.82 bits per heavy atom. The number of carbonyl (C=O) groups excluding carboxylic acids is 1. The number of amides is 1. The molecule has 10 heteroatoms. The molecular formula is C23H27F3N2O4S. The van der Waals surface area contributed by atoms with Crippen LogP contribution in [0.3, 0.4) is 0 Å². The first kappa shape index (κ1) is 25.0. The molecule has 1 N–H and O–H groups in total. The van der Waals surface area contributed by atoms with E-state index in [9.17, 15) is 26.4 Å². The second kappa shape index (κ2) is 10.1. The van der Waals surface area contributed by atoms with Crippen LogP contribution in [0.15, 0.2) is 54.6 Å². The lowest BCUT2D eigenvalue weighted by atomic mass is 9.90. The van der Waals surface area contributed by atoms with Crippen LogP contribution in [0.5, 0.6) is 0 Å². The Morgan fingerprint density at radius 1 is 1.15 bits per heavy atom. The summed E-state index contributed by atoms with van der Waals surface area (Å²) in [6, 6.07) is 15.9. The summed E-state index contributed by atoms with van der Waals surface area (Å²) in [5, 5.41) is 0. The lowest BCUT2D eigenvalue weighted by Crippen LogP contribution is -2.58. The summed E-state index contributed by atoms with van der Waals surface area (Å²) in [6.45, 7) is 0.945. The Hall–Kier alpha value is -2.59. The summed E-state index contributed by atoms with van der Waals surface area (Å²) in [5.41, 5.74) is 2.76. The van der Waals surface area contributed by atoms with Crippen molar-refractivity contribution in [1.29, 1.82) is 0 Å². The highest BCUT2D eigenvalue weighted by Crippen LogP contribution is 2.28. The first-order valence-corrected chi connectivity index (χ1v) is 12.5. The van der Waals surface area contributed by atoms with Crippen LogP contribution in [-0.4, -0.2) is 56.6 Å². The van der Waals surface area contributed by atoms with Gasteiger partial charge < -0.3 is 9.64 Å². The maximum atomic E-state index is 12.9. The average Bonchev–Trinajstić information content (AvgIpc) is 2.74. The molecule has 0 radical (unpaired) electrons. The minimum absolute atomic E-state index is 0.175. The summed E-state index contributed by atoms with van der Waals surface area (Å²) < 4.78 is 69.9. The summed E-state index contributed by atoms with van der Waals surface area (Å²) >= 11 is 0. The number of piperidine rings is 1. The van der Waals surface area contributed by atoms with Crippen LogP contribution < -0.4 is 4.72 Å². The van der Waals surface area contributed by atoms with E-state index in [0.29, 0.717) is 12.8 Å². The lowest BCUT2D eigenvalue weighted by Gasteiger charge is -2.41. The molecular weight excluding hydrogens is 457 g/mol. The first-order valence-electron chi connectivity index (χ1n) is 10.6. The minimum Gasteiger partial charge on any atom is -0.437 e. The second-order valence-electron chi connectivity index (χ2n) is 8.24. The molecule has 180 valence electrons. The zero-order valence-electron chi connectivity index (χ0n) is 18.4. The van der Waals surface area contributed by atoms with Gasteiger partial charge >= 0.3 is 12.3 Å². The Bertz CT molecular complexity index is 1060. The van der Waals surface area contributed by atoms with Crippen LogP contribution in [0.4, 0.5) is 18.0 Å². The number of benzene rings is 2. The predicted molar refractivity (Wildman–Crippen MR) is 119 cm³/mol. The fraction of sp³-hybridized carbons (Fsp3) is 0.435. The molecule has 1 aliphatic rings. The average molecular weight is 485 g/mol. The zero-order valence-corrected chi connectivity index (χ0v) is 19.2. The molecule has 0 aromatic heterocycles. The van der Waals surface area contributed by atoms with E-state index in [1.807, 2.05) is 54.6 Å². The van der Waals surface area contributed by atoms with Crippen molar-refractivity contribution >= 4 is 16.1 Å².